The van der Waals surface area contributed by atoms with Crippen LogP contribution in [0.4, 0.5) is 0 Å². The van der Waals surface area contributed by atoms with Crippen LogP contribution in [0.1, 0.15) is 6.42 Å². The van der Waals surface area contributed by atoms with Gasteiger partial charge in [0.25, 0.3) is 5.91 Å². The van der Waals surface area contributed by atoms with Gasteiger partial charge in [-0.2, -0.15) is 0 Å². The highest BCUT2D eigenvalue weighted by molar-refractivity contribution is 6.10. The van der Waals surface area contributed by atoms with Gasteiger partial charge in [0.05, 0.1) is 18.4 Å². The van der Waals surface area contributed by atoms with Gasteiger partial charge in [0, 0.05) is 6.42 Å². The second-order valence-corrected chi connectivity index (χ2v) is 2.00. The molecule has 0 N–H and O–H groups in total. The van der Waals surface area contributed by atoms with Crippen molar-refractivity contribution in [3.63, 3.8) is 0 Å². The van der Waals surface area contributed by atoms with E-state index in [-0.39, 0.29) is 5.91 Å². The molecule has 2 rings (SSSR count). The molecule has 0 aromatic heterocycles. The van der Waals surface area contributed by atoms with Gasteiger partial charge in [0.2, 0.25) is 0 Å². The number of carbonyl (C=O) groups excluding carboxylic acids is 1. The summed E-state index contributed by atoms with van der Waals surface area (Å²) < 4.78 is 5.06. The molecule has 0 radical (unpaired) electrons. The Labute approximate surface area is 52.0 Å². The summed E-state index contributed by atoms with van der Waals surface area (Å²) in [5.41, 5.74) is 0.745. The molecule has 0 bridgehead atoms. The fourth-order valence-corrected chi connectivity index (χ4v) is 0.996. The van der Waals surface area contributed by atoms with Gasteiger partial charge < -0.3 is 4.74 Å². The Morgan fingerprint density at radius 3 is 3.33 bits per heavy atom. The Balaban J connectivity index is 2.44. The maximum atomic E-state index is 10.7. The first-order valence-electron chi connectivity index (χ1n) is 2.82. The van der Waals surface area contributed by atoms with Gasteiger partial charge in [-0.1, -0.05) is 0 Å². The normalized spacial score (nSPS) is 22.9. The second kappa shape index (κ2) is 1.43. The van der Waals surface area contributed by atoms with Crippen LogP contribution in [0, 0.1) is 0 Å². The minimum absolute atomic E-state index is 0.123. The third-order valence-corrected chi connectivity index (χ3v) is 1.46. The molecule has 0 saturated heterocycles. The average Bonchev–Trinajstić information content (AvgIpc) is 2.35. The van der Waals surface area contributed by atoms with Gasteiger partial charge >= 0.3 is 0 Å². The summed E-state index contributed by atoms with van der Waals surface area (Å²) in [6, 6.07) is 0. The summed E-state index contributed by atoms with van der Waals surface area (Å²) in [6.45, 7) is 0.641. The van der Waals surface area contributed by atoms with Gasteiger partial charge in [-0.05, 0) is 0 Å². The van der Waals surface area contributed by atoms with Crippen molar-refractivity contribution in [2.45, 2.75) is 6.42 Å². The monoisotopic (exact) mass is 123 g/mol. The van der Waals surface area contributed by atoms with Crippen LogP contribution in [-0.4, -0.2) is 18.7 Å². The van der Waals surface area contributed by atoms with E-state index in [2.05, 4.69) is 4.99 Å². The van der Waals surface area contributed by atoms with E-state index < -0.39 is 0 Å². The minimum atomic E-state index is -0.123. The van der Waals surface area contributed by atoms with E-state index in [0.717, 1.165) is 12.0 Å². The molecule has 0 unspecified atom stereocenters. The second-order valence-electron chi connectivity index (χ2n) is 2.00. The number of hydrogen-bond donors (Lipinski definition) is 0. The van der Waals surface area contributed by atoms with Crippen LogP contribution in [0.15, 0.2) is 16.3 Å². The quantitative estimate of drug-likeness (QED) is 0.463. The molecule has 46 valence electrons. The molecule has 1 amide bonds. The van der Waals surface area contributed by atoms with Crippen molar-refractivity contribution < 1.29 is 9.53 Å². The van der Waals surface area contributed by atoms with Crippen LogP contribution in [0.3, 0.4) is 0 Å². The number of hydrogen-bond acceptors (Lipinski definition) is 2. The van der Waals surface area contributed by atoms with Gasteiger partial charge in [0.1, 0.15) is 5.76 Å². The van der Waals surface area contributed by atoms with Crippen molar-refractivity contribution >= 4 is 12.1 Å². The number of aliphatic imine (C=N–C) groups is 1. The molecule has 0 atom stereocenters. The SMILES string of the molecule is O=C1N=CC2=C1CCO2. The molecule has 9 heavy (non-hydrogen) atoms. The van der Waals surface area contributed by atoms with Gasteiger partial charge in [-0.25, -0.2) is 4.99 Å². The zero-order valence-corrected chi connectivity index (χ0v) is 4.76. The molecule has 0 saturated carbocycles. The van der Waals surface area contributed by atoms with Crippen LogP contribution in [-0.2, 0) is 9.53 Å². The van der Waals surface area contributed by atoms with Gasteiger partial charge in [-0.15, -0.1) is 0 Å². The van der Waals surface area contributed by atoms with Crippen molar-refractivity contribution in [1.82, 2.24) is 0 Å². The van der Waals surface area contributed by atoms with Crippen molar-refractivity contribution in [1.29, 1.82) is 0 Å². The number of ether oxygens (including phenoxy) is 1. The lowest BCUT2D eigenvalue weighted by molar-refractivity contribution is -0.114. The van der Waals surface area contributed by atoms with E-state index in [9.17, 15) is 4.79 Å². The Hall–Kier alpha value is -1.12. The van der Waals surface area contributed by atoms with E-state index in [1.165, 1.54) is 6.21 Å². The van der Waals surface area contributed by atoms with E-state index in [4.69, 9.17) is 4.74 Å². The zero-order valence-electron chi connectivity index (χ0n) is 4.76. The summed E-state index contributed by atoms with van der Waals surface area (Å²) in [5.74, 6) is 0.558. The molecule has 3 heteroatoms. The molecule has 0 aromatic rings. The molecule has 0 aromatic carbocycles. The first kappa shape index (κ1) is 4.73. The molecular formula is C6H5NO2. The highest BCUT2D eigenvalue weighted by Crippen LogP contribution is 2.22. The van der Waals surface area contributed by atoms with Crippen LogP contribution >= 0.6 is 0 Å². The van der Waals surface area contributed by atoms with Crippen molar-refractivity contribution in [2.24, 2.45) is 4.99 Å². The van der Waals surface area contributed by atoms with E-state index >= 15 is 0 Å². The minimum Gasteiger partial charge on any atom is -0.491 e. The third kappa shape index (κ3) is 0.512. The highest BCUT2D eigenvalue weighted by Gasteiger charge is 2.24. The molecule has 3 nitrogen and oxygen atoms in total. The largest absolute Gasteiger partial charge is 0.491 e. The average molecular weight is 123 g/mol. The maximum Gasteiger partial charge on any atom is 0.276 e. The zero-order chi connectivity index (χ0) is 6.27. The Morgan fingerprint density at radius 1 is 1.67 bits per heavy atom. The number of rotatable bonds is 0. The summed E-state index contributed by atoms with van der Waals surface area (Å²) in [6.07, 6.45) is 2.22. The summed E-state index contributed by atoms with van der Waals surface area (Å²) in [7, 11) is 0. The Bertz CT molecular complexity index is 221. The first-order chi connectivity index (χ1) is 4.38. The fourth-order valence-electron chi connectivity index (χ4n) is 0.996. The molecule has 0 fully saturated rings. The molecular weight excluding hydrogens is 118 g/mol. The predicted octanol–water partition coefficient (Wildman–Crippen LogP) is 0.272. The lowest BCUT2D eigenvalue weighted by Crippen LogP contribution is -1.92. The van der Waals surface area contributed by atoms with E-state index in [1.54, 1.807) is 0 Å². The van der Waals surface area contributed by atoms with Crippen LogP contribution < -0.4 is 0 Å². The van der Waals surface area contributed by atoms with Crippen molar-refractivity contribution in [2.75, 3.05) is 6.61 Å². The van der Waals surface area contributed by atoms with E-state index in [0.29, 0.717) is 12.4 Å². The van der Waals surface area contributed by atoms with Crippen molar-refractivity contribution in [3.05, 3.63) is 11.3 Å². The molecule has 2 aliphatic rings. The van der Waals surface area contributed by atoms with Gasteiger partial charge in [0.15, 0.2) is 0 Å². The maximum absolute atomic E-state index is 10.7. The van der Waals surface area contributed by atoms with Gasteiger partial charge in [-0.3, -0.25) is 4.79 Å². The van der Waals surface area contributed by atoms with E-state index in [1.807, 2.05) is 0 Å². The standard InChI is InChI=1S/C6H5NO2/c8-6-4-1-2-9-5(4)3-7-6/h3H,1-2H2. The summed E-state index contributed by atoms with van der Waals surface area (Å²) >= 11 is 0. The number of carbonyl (C=O) groups is 1. The summed E-state index contributed by atoms with van der Waals surface area (Å²) in [5, 5.41) is 0. The molecule has 0 spiro atoms. The predicted molar refractivity (Wildman–Crippen MR) is 31.1 cm³/mol. The third-order valence-electron chi connectivity index (χ3n) is 1.46. The van der Waals surface area contributed by atoms with Crippen molar-refractivity contribution in [3.8, 4) is 0 Å². The lowest BCUT2D eigenvalue weighted by Gasteiger charge is -1.89. The first-order valence-corrected chi connectivity index (χ1v) is 2.82. The van der Waals surface area contributed by atoms with Crippen LogP contribution in [0.5, 0.6) is 0 Å². The number of nitrogens with zero attached hydrogens (tertiary/aromatic N) is 1. The number of allylic oxidation sites excluding steroid dienone is 1. The molecule has 0 aliphatic carbocycles. The smallest absolute Gasteiger partial charge is 0.276 e. The summed E-state index contributed by atoms with van der Waals surface area (Å²) in [4.78, 5) is 14.3. The fraction of sp³-hybridized carbons (Fsp3) is 0.333. The van der Waals surface area contributed by atoms with Crippen LogP contribution in [0.2, 0.25) is 0 Å². The Kier molecular flexibility index (Phi) is 0.754. The molecule has 2 heterocycles. The Morgan fingerprint density at radius 2 is 2.56 bits per heavy atom. The van der Waals surface area contributed by atoms with Crippen LogP contribution in [0.25, 0.3) is 0 Å². The number of amides is 1. The topological polar surface area (TPSA) is 38.7 Å². The molecule has 2 aliphatic heterocycles. The highest BCUT2D eigenvalue weighted by atomic mass is 16.5. The lowest BCUT2D eigenvalue weighted by atomic mass is 10.2.